The maximum Gasteiger partial charge on any atom is 0.258 e. The zero-order valence-electron chi connectivity index (χ0n) is 18.6. The van der Waals surface area contributed by atoms with E-state index in [4.69, 9.17) is 10.3 Å². The van der Waals surface area contributed by atoms with E-state index in [9.17, 15) is 9.18 Å². The number of aromatic amines is 1. The van der Waals surface area contributed by atoms with Gasteiger partial charge in [0, 0.05) is 22.8 Å². The molecule has 1 saturated heterocycles. The predicted molar refractivity (Wildman–Crippen MR) is 128 cm³/mol. The van der Waals surface area contributed by atoms with Crippen LogP contribution in [0.25, 0.3) is 16.6 Å². The van der Waals surface area contributed by atoms with Crippen molar-refractivity contribution < 1.29 is 9.13 Å². The van der Waals surface area contributed by atoms with Crippen LogP contribution in [-0.2, 0) is 0 Å². The van der Waals surface area contributed by atoms with E-state index in [1.807, 2.05) is 24.3 Å². The molecule has 33 heavy (non-hydrogen) atoms. The molecule has 0 saturated carbocycles. The first-order valence-corrected chi connectivity index (χ1v) is 11.1. The number of halogens is 1. The minimum atomic E-state index is -0.402. The van der Waals surface area contributed by atoms with Crippen LogP contribution in [0.5, 0.6) is 5.75 Å². The summed E-state index contributed by atoms with van der Waals surface area (Å²) < 4.78 is 19.4. The number of hydrogen-bond acceptors (Lipinski definition) is 6. The molecule has 172 valence electrons. The van der Waals surface area contributed by atoms with E-state index in [2.05, 4.69) is 27.4 Å². The van der Waals surface area contributed by atoms with Gasteiger partial charge in [0.05, 0.1) is 12.2 Å². The normalized spacial score (nSPS) is 15.5. The van der Waals surface area contributed by atoms with Crippen molar-refractivity contribution in [3.05, 3.63) is 76.5 Å². The molecule has 3 aromatic rings. The smallest absolute Gasteiger partial charge is 0.258 e. The molecule has 1 fully saturated rings. The fourth-order valence-corrected chi connectivity index (χ4v) is 4.03. The van der Waals surface area contributed by atoms with Gasteiger partial charge in [0.25, 0.3) is 5.56 Å². The van der Waals surface area contributed by atoms with Gasteiger partial charge in [-0.3, -0.25) is 4.79 Å². The molecule has 2 aromatic carbocycles. The summed E-state index contributed by atoms with van der Waals surface area (Å²) in [7, 11) is 2.17. The van der Waals surface area contributed by atoms with Crippen LogP contribution in [0, 0.1) is 17.3 Å². The van der Waals surface area contributed by atoms with Crippen LogP contribution in [0.3, 0.4) is 0 Å². The van der Waals surface area contributed by atoms with E-state index in [1.165, 1.54) is 43.3 Å². The Labute approximate surface area is 191 Å². The Morgan fingerprint density at radius 1 is 1.24 bits per heavy atom. The minimum Gasteiger partial charge on any atom is -0.494 e. The second-order valence-electron chi connectivity index (χ2n) is 8.44. The molecule has 8 heteroatoms. The van der Waals surface area contributed by atoms with Crippen LogP contribution >= 0.6 is 0 Å². The highest BCUT2D eigenvalue weighted by atomic mass is 19.1. The second kappa shape index (κ2) is 10.4. The van der Waals surface area contributed by atoms with Gasteiger partial charge in [0.15, 0.2) is 0 Å². The molecule has 4 rings (SSSR count). The quantitative estimate of drug-likeness (QED) is 0.411. The number of rotatable bonds is 8. The van der Waals surface area contributed by atoms with E-state index in [1.54, 1.807) is 0 Å². The van der Waals surface area contributed by atoms with Gasteiger partial charge in [-0.15, -0.1) is 0 Å². The van der Waals surface area contributed by atoms with Gasteiger partial charge in [0.2, 0.25) is 0 Å². The maximum absolute atomic E-state index is 13.5. The summed E-state index contributed by atoms with van der Waals surface area (Å²) in [5.74, 6) is 1.13. The van der Waals surface area contributed by atoms with Crippen molar-refractivity contribution in [3.63, 3.8) is 0 Å². The van der Waals surface area contributed by atoms with Crippen LogP contribution in [-0.4, -0.2) is 36.6 Å². The van der Waals surface area contributed by atoms with Crippen molar-refractivity contribution in [1.82, 2.24) is 9.88 Å². The number of likely N-dealkylation sites (tertiary alicyclic amines) is 1. The van der Waals surface area contributed by atoms with Crippen molar-refractivity contribution in [2.24, 2.45) is 11.0 Å². The largest absolute Gasteiger partial charge is 0.494 e. The Bertz CT molecular complexity index is 1200. The summed E-state index contributed by atoms with van der Waals surface area (Å²) in [4.78, 5) is 17.5. The number of hydrogen-bond donors (Lipinski definition) is 3. The summed E-state index contributed by atoms with van der Waals surface area (Å²) in [6, 6.07) is 13.1. The molecule has 1 aliphatic rings. The highest BCUT2D eigenvalue weighted by Crippen LogP contribution is 2.22. The molecule has 7 nitrogen and oxygen atoms in total. The fraction of sp³-hybridized carbons (Fsp3) is 0.320. The predicted octanol–water partition coefficient (Wildman–Crippen LogP) is 5.22. The average Bonchev–Trinajstić information content (AvgIpc) is 2.82. The van der Waals surface area contributed by atoms with Gasteiger partial charge in [-0.2, -0.15) is 5.11 Å². The molecular formula is C25H28FN5O2. The fourth-order valence-electron chi connectivity index (χ4n) is 4.03. The van der Waals surface area contributed by atoms with Crippen molar-refractivity contribution in [2.75, 3.05) is 32.1 Å². The number of nitrogens with zero attached hydrogens (tertiary/aromatic N) is 2. The molecular weight excluding hydrogens is 421 g/mol. The van der Waals surface area contributed by atoms with Gasteiger partial charge in [0.1, 0.15) is 17.3 Å². The lowest BCUT2D eigenvalue weighted by atomic mass is 9.94. The zero-order valence-corrected chi connectivity index (χ0v) is 18.6. The Hall–Kier alpha value is -3.52. The maximum atomic E-state index is 13.5. The lowest BCUT2D eigenvalue weighted by Crippen LogP contribution is -2.30. The van der Waals surface area contributed by atoms with Crippen molar-refractivity contribution in [2.45, 2.75) is 19.3 Å². The third kappa shape index (κ3) is 5.84. The summed E-state index contributed by atoms with van der Waals surface area (Å²) in [6.45, 7) is 3.02. The minimum absolute atomic E-state index is 0.140. The van der Waals surface area contributed by atoms with Crippen molar-refractivity contribution in [1.29, 1.82) is 5.53 Å². The number of piperidine rings is 1. The van der Waals surface area contributed by atoms with Gasteiger partial charge >= 0.3 is 0 Å². The summed E-state index contributed by atoms with van der Waals surface area (Å²) in [5.41, 5.74) is 8.70. The Kier molecular flexibility index (Phi) is 7.14. The molecule has 0 unspecified atom stereocenters. The molecule has 0 amide bonds. The van der Waals surface area contributed by atoms with Crippen LogP contribution in [0.4, 0.5) is 10.1 Å². The van der Waals surface area contributed by atoms with E-state index >= 15 is 0 Å². The number of aromatic nitrogens is 1. The van der Waals surface area contributed by atoms with E-state index < -0.39 is 11.4 Å². The van der Waals surface area contributed by atoms with E-state index in [0.717, 1.165) is 36.9 Å². The molecule has 0 spiro atoms. The molecule has 2 heterocycles. The van der Waals surface area contributed by atoms with Crippen LogP contribution in [0.15, 0.2) is 64.6 Å². The zero-order chi connectivity index (χ0) is 23.2. The van der Waals surface area contributed by atoms with Crippen molar-refractivity contribution >= 4 is 22.3 Å². The monoisotopic (exact) mass is 449 g/mol. The SMILES string of the molecule is CN1CCC(CCOc2ccc(N/C=C(\N=N)c3cc4cc(F)ccc4[nH]c3=O)cc2)CC1. The first-order valence-electron chi connectivity index (χ1n) is 11.1. The van der Waals surface area contributed by atoms with Gasteiger partial charge < -0.3 is 19.9 Å². The lowest BCUT2D eigenvalue weighted by molar-refractivity contribution is 0.187. The van der Waals surface area contributed by atoms with Crippen molar-refractivity contribution in [3.8, 4) is 5.75 Å². The number of H-pyrrole nitrogens is 1. The molecule has 0 radical (unpaired) electrons. The topological polar surface area (TPSA) is 93.6 Å². The summed E-state index contributed by atoms with van der Waals surface area (Å²) in [6.07, 6.45) is 5.01. The highest BCUT2D eigenvalue weighted by Gasteiger charge is 2.16. The third-order valence-corrected chi connectivity index (χ3v) is 6.07. The number of pyridine rings is 1. The Morgan fingerprint density at radius 3 is 2.73 bits per heavy atom. The molecule has 1 aromatic heterocycles. The number of anilines is 1. The third-order valence-electron chi connectivity index (χ3n) is 6.07. The number of ether oxygens (including phenoxy) is 1. The first-order chi connectivity index (χ1) is 16.0. The van der Waals surface area contributed by atoms with Gasteiger partial charge in [-0.05, 0) is 93.8 Å². The first kappa shape index (κ1) is 22.7. The number of nitrogens with one attached hydrogen (secondary N) is 3. The lowest BCUT2D eigenvalue weighted by Gasteiger charge is -2.28. The van der Waals surface area contributed by atoms with Gasteiger partial charge in [-0.25, -0.2) is 9.92 Å². The Morgan fingerprint density at radius 2 is 2.00 bits per heavy atom. The summed E-state index contributed by atoms with van der Waals surface area (Å²) >= 11 is 0. The molecule has 0 aliphatic carbocycles. The summed E-state index contributed by atoms with van der Waals surface area (Å²) in [5, 5.41) is 7.06. The molecule has 1 aliphatic heterocycles. The van der Waals surface area contributed by atoms with Gasteiger partial charge in [-0.1, -0.05) is 0 Å². The Balaban J connectivity index is 1.37. The van der Waals surface area contributed by atoms with Crippen LogP contribution < -0.4 is 15.6 Å². The van der Waals surface area contributed by atoms with E-state index in [0.29, 0.717) is 17.5 Å². The number of fused-ring (bicyclic) bond motifs is 1. The molecule has 3 N–H and O–H groups in total. The average molecular weight is 450 g/mol. The molecule has 0 bridgehead atoms. The standard InChI is InChI=1S/C25H28FN5O2/c1-31-11-8-17(9-12-31)10-13-33-21-5-3-20(4-6-21)28-16-24(30-27)22-15-18-14-19(26)2-7-23(18)29-25(22)32/h2-7,14-17,27-28H,8-13H2,1H3,(H,29,32)/b24-16-,30-27?. The molecule has 0 atom stereocenters. The van der Waals surface area contributed by atoms with Crippen LogP contribution in [0.1, 0.15) is 24.8 Å². The van der Waals surface area contributed by atoms with E-state index in [-0.39, 0.29) is 11.3 Å². The second-order valence-corrected chi connectivity index (χ2v) is 8.44. The number of benzene rings is 2. The highest BCUT2D eigenvalue weighted by molar-refractivity contribution is 5.82. The van der Waals surface area contributed by atoms with Crippen LogP contribution in [0.2, 0.25) is 0 Å².